The first kappa shape index (κ1) is 20.8. The minimum absolute atomic E-state index is 0.129. The molecule has 0 bridgehead atoms. The van der Waals surface area contributed by atoms with Crippen LogP contribution in [0.25, 0.3) is 0 Å². The molecule has 0 radical (unpaired) electrons. The van der Waals surface area contributed by atoms with E-state index in [0.29, 0.717) is 16.7 Å². The molecular weight excluding hydrogens is 404 g/mol. The van der Waals surface area contributed by atoms with Crippen LogP contribution in [0, 0.1) is 0 Å². The molecule has 0 fully saturated rings. The molecule has 4 aromatic carbocycles. The Bertz CT molecular complexity index is 1280. The minimum atomic E-state index is -0.813. The van der Waals surface area contributed by atoms with Crippen LogP contribution in [0.4, 0.5) is 0 Å². The van der Waals surface area contributed by atoms with Gasteiger partial charge in [0.2, 0.25) is 0 Å². The molecule has 0 heterocycles. The molecular formula is C27H18O5. The van der Waals surface area contributed by atoms with Gasteiger partial charge >= 0.3 is 5.97 Å². The highest BCUT2D eigenvalue weighted by Gasteiger charge is 2.18. The van der Waals surface area contributed by atoms with Gasteiger partial charge < -0.3 is 9.84 Å². The summed E-state index contributed by atoms with van der Waals surface area (Å²) < 4.78 is 5.34. The molecule has 0 aromatic heterocycles. The van der Waals surface area contributed by atoms with Gasteiger partial charge in [0, 0.05) is 22.3 Å². The number of phenols is 1. The summed E-state index contributed by atoms with van der Waals surface area (Å²) in [7, 11) is 0. The van der Waals surface area contributed by atoms with Crippen LogP contribution in [0.5, 0.6) is 11.5 Å². The number of esters is 1. The molecule has 4 rings (SSSR count). The van der Waals surface area contributed by atoms with E-state index in [1.807, 2.05) is 6.07 Å². The van der Waals surface area contributed by atoms with E-state index in [2.05, 4.69) is 0 Å². The van der Waals surface area contributed by atoms with Crippen LogP contribution in [0.15, 0.2) is 103 Å². The predicted molar refractivity (Wildman–Crippen MR) is 119 cm³/mol. The average molecular weight is 422 g/mol. The standard InChI is InChI=1S/C27H18O5/c28-24-16-13-21(26(30)19-9-5-2-6-10-19)17-23(24)27(31)32-22-14-11-20(12-15-22)25(29)18-7-3-1-4-8-18/h1-17,28H. The van der Waals surface area contributed by atoms with Crippen molar-refractivity contribution in [3.63, 3.8) is 0 Å². The van der Waals surface area contributed by atoms with Crippen molar-refractivity contribution in [3.8, 4) is 11.5 Å². The predicted octanol–water partition coefficient (Wildman–Crippen LogP) is 5.07. The lowest BCUT2D eigenvalue weighted by molar-refractivity contribution is 0.0731. The highest BCUT2D eigenvalue weighted by atomic mass is 16.5. The van der Waals surface area contributed by atoms with Crippen molar-refractivity contribution in [2.75, 3.05) is 0 Å². The zero-order valence-corrected chi connectivity index (χ0v) is 16.9. The number of ether oxygens (including phenoxy) is 1. The molecule has 0 unspecified atom stereocenters. The van der Waals surface area contributed by atoms with Crippen LogP contribution >= 0.6 is 0 Å². The van der Waals surface area contributed by atoms with E-state index in [0.717, 1.165) is 0 Å². The van der Waals surface area contributed by atoms with Gasteiger partial charge in [0.1, 0.15) is 17.1 Å². The lowest BCUT2D eigenvalue weighted by Gasteiger charge is -2.09. The Balaban J connectivity index is 1.51. The molecule has 0 aliphatic carbocycles. The van der Waals surface area contributed by atoms with E-state index in [4.69, 9.17) is 4.74 Å². The Morgan fingerprint density at radius 3 is 1.59 bits per heavy atom. The maximum atomic E-state index is 12.6. The summed E-state index contributed by atoms with van der Waals surface area (Å²) in [6.45, 7) is 0. The first-order valence-electron chi connectivity index (χ1n) is 9.87. The molecule has 1 N–H and O–H groups in total. The lowest BCUT2D eigenvalue weighted by atomic mass is 10.0. The maximum Gasteiger partial charge on any atom is 0.347 e. The quantitative estimate of drug-likeness (QED) is 0.266. The molecule has 0 aliphatic heterocycles. The molecule has 0 spiro atoms. The highest BCUT2D eigenvalue weighted by molar-refractivity contribution is 6.10. The average Bonchev–Trinajstić information content (AvgIpc) is 2.85. The largest absolute Gasteiger partial charge is 0.507 e. The third-order valence-corrected chi connectivity index (χ3v) is 4.88. The van der Waals surface area contributed by atoms with Crippen molar-refractivity contribution in [1.29, 1.82) is 0 Å². The zero-order valence-electron chi connectivity index (χ0n) is 16.9. The summed E-state index contributed by atoms with van der Waals surface area (Å²) in [6, 6.07) is 27.7. The normalized spacial score (nSPS) is 10.4. The summed E-state index contributed by atoms with van der Waals surface area (Å²) in [4.78, 5) is 37.8. The summed E-state index contributed by atoms with van der Waals surface area (Å²) >= 11 is 0. The molecule has 0 saturated carbocycles. The third kappa shape index (κ3) is 4.47. The van der Waals surface area contributed by atoms with Crippen LogP contribution < -0.4 is 4.74 Å². The summed E-state index contributed by atoms with van der Waals surface area (Å²) in [6.07, 6.45) is 0. The smallest absolute Gasteiger partial charge is 0.347 e. The number of carbonyl (C=O) groups is 3. The third-order valence-electron chi connectivity index (χ3n) is 4.88. The van der Waals surface area contributed by atoms with Gasteiger partial charge in [-0.3, -0.25) is 9.59 Å². The van der Waals surface area contributed by atoms with Crippen LogP contribution in [0.1, 0.15) is 42.2 Å². The Morgan fingerprint density at radius 2 is 1.03 bits per heavy atom. The fourth-order valence-electron chi connectivity index (χ4n) is 3.19. The highest BCUT2D eigenvalue weighted by Crippen LogP contribution is 2.23. The van der Waals surface area contributed by atoms with Crippen LogP contribution in [-0.2, 0) is 0 Å². The summed E-state index contributed by atoms with van der Waals surface area (Å²) in [5.41, 5.74) is 1.61. The zero-order chi connectivity index (χ0) is 22.5. The topological polar surface area (TPSA) is 80.7 Å². The Morgan fingerprint density at radius 1 is 0.562 bits per heavy atom. The number of hydrogen-bond acceptors (Lipinski definition) is 5. The van der Waals surface area contributed by atoms with Crippen LogP contribution in [-0.4, -0.2) is 22.6 Å². The molecule has 4 aromatic rings. The fraction of sp³-hybridized carbons (Fsp3) is 0. The van der Waals surface area contributed by atoms with Gasteiger partial charge in [-0.2, -0.15) is 0 Å². The van der Waals surface area contributed by atoms with Crippen LogP contribution in [0.3, 0.4) is 0 Å². The van der Waals surface area contributed by atoms with Gasteiger partial charge in [0.05, 0.1) is 0 Å². The number of phenolic OH excluding ortho intramolecular Hbond substituents is 1. The Labute approximate surface area is 184 Å². The van der Waals surface area contributed by atoms with E-state index in [1.165, 1.54) is 30.3 Å². The SMILES string of the molecule is O=C(c1ccccc1)c1ccc(OC(=O)c2cc(C(=O)c3ccccc3)ccc2O)cc1. The van der Waals surface area contributed by atoms with E-state index >= 15 is 0 Å². The van der Waals surface area contributed by atoms with Crippen molar-refractivity contribution in [2.45, 2.75) is 0 Å². The molecule has 5 nitrogen and oxygen atoms in total. The van der Waals surface area contributed by atoms with Crippen molar-refractivity contribution >= 4 is 17.5 Å². The Kier molecular flexibility index (Phi) is 5.90. The molecule has 5 heteroatoms. The number of aromatic hydroxyl groups is 1. The molecule has 0 atom stereocenters. The van der Waals surface area contributed by atoms with Crippen LogP contribution in [0.2, 0.25) is 0 Å². The molecule has 156 valence electrons. The number of hydrogen-bond donors (Lipinski definition) is 1. The van der Waals surface area contributed by atoms with Gasteiger partial charge in [0.25, 0.3) is 0 Å². The van der Waals surface area contributed by atoms with Gasteiger partial charge in [-0.25, -0.2) is 4.79 Å². The maximum absolute atomic E-state index is 12.6. The van der Waals surface area contributed by atoms with Gasteiger partial charge in [0.15, 0.2) is 11.6 Å². The van der Waals surface area contributed by atoms with Crippen molar-refractivity contribution in [3.05, 3.63) is 131 Å². The first-order chi connectivity index (χ1) is 15.5. The van der Waals surface area contributed by atoms with E-state index in [-0.39, 0.29) is 34.2 Å². The molecule has 0 saturated heterocycles. The van der Waals surface area contributed by atoms with E-state index in [1.54, 1.807) is 66.7 Å². The number of benzene rings is 4. The molecule has 0 amide bonds. The minimum Gasteiger partial charge on any atom is -0.507 e. The van der Waals surface area contributed by atoms with Crippen molar-refractivity contribution < 1.29 is 24.2 Å². The van der Waals surface area contributed by atoms with Gasteiger partial charge in [-0.15, -0.1) is 0 Å². The summed E-state index contributed by atoms with van der Waals surface area (Å²) in [5, 5.41) is 10.1. The lowest BCUT2D eigenvalue weighted by Crippen LogP contribution is -2.11. The Hall–Kier alpha value is -4.51. The second-order valence-corrected chi connectivity index (χ2v) is 7.04. The number of rotatable bonds is 6. The van der Waals surface area contributed by atoms with Crippen molar-refractivity contribution in [2.24, 2.45) is 0 Å². The number of ketones is 2. The number of carbonyl (C=O) groups excluding carboxylic acids is 3. The first-order valence-corrected chi connectivity index (χ1v) is 9.87. The van der Waals surface area contributed by atoms with Crippen molar-refractivity contribution in [1.82, 2.24) is 0 Å². The summed E-state index contributed by atoms with van der Waals surface area (Å²) in [5.74, 6) is -1.32. The molecule has 32 heavy (non-hydrogen) atoms. The van der Waals surface area contributed by atoms with E-state index < -0.39 is 5.97 Å². The van der Waals surface area contributed by atoms with E-state index in [9.17, 15) is 19.5 Å². The van der Waals surface area contributed by atoms with Gasteiger partial charge in [-0.05, 0) is 42.5 Å². The molecule has 0 aliphatic rings. The van der Waals surface area contributed by atoms with Gasteiger partial charge in [-0.1, -0.05) is 60.7 Å². The monoisotopic (exact) mass is 422 g/mol. The fourth-order valence-corrected chi connectivity index (χ4v) is 3.19. The second kappa shape index (κ2) is 9.10. The second-order valence-electron chi connectivity index (χ2n) is 7.04.